The molecule has 0 saturated heterocycles. The summed E-state index contributed by atoms with van der Waals surface area (Å²) in [6, 6.07) is 8.07. The highest BCUT2D eigenvalue weighted by Gasteiger charge is 2.29. The van der Waals surface area contributed by atoms with E-state index in [0.29, 0.717) is 5.41 Å². The van der Waals surface area contributed by atoms with Crippen molar-refractivity contribution in [3.63, 3.8) is 0 Å². The first-order valence-corrected chi connectivity index (χ1v) is 6.36. The average molecular weight is 269 g/mol. The van der Waals surface area contributed by atoms with Gasteiger partial charge in [-0.3, -0.25) is 0 Å². The first-order chi connectivity index (χ1) is 7.18. The number of hydrogen-bond acceptors (Lipinski definition) is 1. The summed E-state index contributed by atoms with van der Waals surface area (Å²) in [4.78, 5) is 0. The minimum atomic E-state index is 0.410. The lowest BCUT2D eigenvalue weighted by atomic mass is 9.90. The third-order valence-electron chi connectivity index (χ3n) is 3.21. The summed E-state index contributed by atoms with van der Waals surface area (Å²) in [5.41, 5.74) is 0.410. The second kappa shape index (κ2) is 4.56. The van der Waals surface area contributed by atoms with Crippen LogP contribution in [0.15, 0.2) is 28.7 Å². The van der Waals surface area contributed by atoms with Crippen LogP contribution < -0.4 is 4.74 Å². The zero-order chi connectivity index (χ0) is 10.7. The molecule has 1 aliphatic rings. The highest BCUT2D eigenvalue weighted by molar-refractivity contribution is 9.10. The Morgan fingerprint density at radius 2 is 1.80 bits per heavy atom. The van der Waals surface area contributed by atoms with Crippen LogP contribution in [0.1, 0.15) is 32.6 Å². The Hall–Kier alpha value is -0.500. The van der Waals surface area contributed by atoms with E-state index < -0.39 is 0 Å². The molecule has 0 heterocycles. The summed E-state index contributed by atoms with van der Waals surface area (Å²) >= 11 is 3.42. The van der Waals surface area contributed by atoms with Crippen LogP contribution in [0, 0.1) is 5.41 Å². The molecule has 0 amide bonds. The van der Waals surface area contributed by atoms with Crippen molar-refractivity contribution in [1.29, 1.82) is 0 Å². The predicted octanol–water partition coefficient (Wildman–Crippen LogP) is 4.41. The molecule has 1 aliphatic carbocycles. The number of ether oxygens (including phenoxy) is 1. The second-order valence-electron chi connectivity index (χ2n) is 4.76. The van der Waals surface area contributed by atoms with Gasteiger partial charge in [0.1, 0.15) is 5.75 Å². The van der Waals surface area contributed by atoms with E-state index in [-0.39, 0.29) is 0 Å². The highest BCUT2D eigenvalue weighted by Crippen LogP contribution is 2.37. The van der Waals surface area contributed by atoms with Gasteiger partial charge in [-0.25, -0.2) is 0 Å². The number of halogens is 1. The molecule has 2 heteroatoms. The first kappa shape index (κ1) is 11.0. The van der Waals surface area contributed by atoms with Gasteiger partial charge in [-0.05, 0) is 37.1 Å². The van der Waals surface area contributed by atoms with Gasteiger partial charge in [-0.15, -0.1) is 0 Å². The molecule has 0 atom stereocenters. The van der Waals surface area contributed by atoms with Crippen LogP contribution in [-0.2, 0) is 0 Å². The molecule has 1 aromatic carbocycles. The lowest BCUT2D eigenvalue weighted by Gasteiger charge is -2.23. The molecule has 0 radical (unpaired) electrons. The molecule has 82 valence electrons. The maximum atomic E-state index is 5.83. The molecular formula is C13H17BrO. The third kappa shape index (κ3) is 2.97. The van der Waals surface area contributed by atoms with Crippen molar-refractivity contribution in [2.45, 2.75) is 32.6 Å². The van der Waals surface area contributed by atoms with Gasteiger partial charge in [0.25, 0.3) is 0 Å². The molecule has 0 spiro atoms. The van der Waals surface area contributed by atoms with Gasteiger partial charge < -0.3 is 4.74 Å². The van der Waals surface area contributed by atoms with Crippen molar-refractivity contribution >= 4 is 15.9 Å². The number of rotatable bonds is 3. The first-order valence-electron chi connectivity index (χ1n) is 5.56. The number of benzene rings is 1. The fourth-order valence-electron chi connectivity index (χ4n) is 2.16. The van der Waals surface area contributed by atoms with Gasteiger partial charge in [-0.2, -0.15) is 0 Å². The molecule has 1 saturated carbocycles. The summed E-state index contributed by atoms with van der Waals surface area (Å²) in [6.45, 7) is 3.19. The van der Waals surface area contributed by atoms with Crippen molar-refractivity contribution in [2.24, 2.45) is 5.41 Å². The monoisotopic (exact) mass is 268 g/mol. The summed E-state index contributed by atoms with van der Waals surface area (Å²) < 4.78 is 6.93. The van der Waals surface area contributed by atoms with Crippen LogP contribution in [0.2, 0.25) is 0 Å². The third-order valence-corrected chi connectivity index (χ3v) is 3.74. The highest BCUT2D eigenvalue weighted by atomic mass is 79.9. The van der Waals surface area contributed by atoms with E-state index in [1.807, 2.05) is 24.3 Å². The maximum absolute atomic E-state index is 5.83. The fraction of sp³-hybridized carbons (Fsp3) is 0.538. The van der Waals surface area contributed by atoms with Gasteiger partial charge in [0, 0.05) is 9.89 Å². The number of hydrogen-bond donors (Lipinski definition) is 0. The Morgan fingerprint density at radius 3 is 2.40 bits per heavy atom. The Labute approximate surface area is 100.0 Å². The van der Waals surface area contributed by atoms with Crippen molar-refractivity contribution in [1.82, 2.24) is 0 Å². The fourth-order valence-corrected chi connectivity index (χ4v) is 2.43. The summed E-state index contributed by atoms with van der Waals surface area (Å²) in [5, 5.41) is 0. The molecular weight excluding hydrogens is 252 g/mol. The van der Waals surface area contributed by atoms with Crippen LogP contribution >= 0.6 is 15.9 Å². The Morgan fingerprint density at radius 1 is 1.20 bits per heavy atom. The van der Waals surface area contributed by atoms with Crippen LogP contribution in [0.4, 0.5) is 0 Å². The largest absolute Gasteiger partial charge is 0.493 e. The molecule has 0 aromatic heterocycles. The van der Waals surface area contributed by atoms with Gasteiger partial charge in [0.15, 0.2) is 0 Å². The normalized spacial score (nSPS) is 19.1. The van der Waals surface area contributed by atoms with E-state index in [9.17, 15) is 0 Å². The molecule has 1 nitrogen and oxygen atoms in total. The topological polar surface area (TPSA) is 9.23 Å². The van der Waals surface area contributed by atoms with Crippen molar-refractivity contribution in [3.8, 4) is 5.75 Å². The zero-order valence-corrected chi connectivity index (χ0v) is 10.7. The molecule has 2 rings (SSSR count). The van der Waals surface area contributed by atoms with Crippen LogP contribution in [0.3, 0.4) is 0 Å². The molecule has 0 N–H and O–H groups in total. The van der Waals surface area contributed by atoms with E-state index in [4.69, 9.17) is 4.74 Å². The summed E-state index contributed by atoms with van der Waals surface area (Å²) in [6.07, 6.45) is 5.34. The minimum absolute atomic E-state index is 0.410. The van der Waals surface area contributed by atoms with Crippen molar-refractivity contribution in [3.05, 3.63) is 28.7 Å². The van der Waals surface area contributed by atoms with Gasteiger partial charge in [-0.1, -0.05) is 35.7 Å². The van der Waals surface area contributed by atoms with Gasteiger partial charge >= 0.3 is 0 Å². The van der Waals surface area contributed by atoms with Crippen molar-refractivity contribution < 1.29 is 4.74 Å². The van der Waals surface area contributed by atoms with E-state index >= 15 is 0 Å². The molecule has 15 heavy (non-hydrogen) atoms. The summed E-state index contributed by atoms with van der Waals surface area (Å²) in [7, 11) is 0. The standard InChI is InChI=1S/C13H17BrO/c1-13(8-2-3-9-13)10-15-12-6-4-11(14)5-7-12/h4-7H,2-3,8-10H2,1H3. The Balaban J connectivity index is 1.90. The van der Waals surface area contributed by atoms with Gasteiger partial charge in [0.05, 0.1) is 6.61 Å². The smallest absolute Gasteiger partial charge is 0.119 e. The maximum Gasteiger partial charge on any atom is 0.119 e. The van der Waals surface area contributed by atoms with Crippen LogP contribution in [0.5, 0.6) is 5.75 Å². The Bertz CT molecular complexity index is 312. The SMILES string of the molecule is CC1(COc2ccc(Br)cc2)CCCC1. The molecule has 0 bridgehead atoms. The van der Waals surface area contributed by atoms with E-state index in [1.165, 1.54) is 25.7 Å². The van der Waals surface area contributed by atoms with Gasteiger partial charge in [0.2, 0.25) is 0 Å². The second-order valence-corrected chi connectivity index (χ2v) is 5.68. The molecule has 1 aromatic rings. The molecule has 1 fully saturated rings. The van der Waals surface area contributed by atoms with E-state index in [1.54, 1.807) is 0 Å². The average Bonchev–Trinajstić information content (AvgIpc) is 2.65. The lowest BCUT2D eigenvalue weighted by Crippen LogP contribution is -2.21. The molecule has 0 aliphatic heterocycles. The lowest BCUT2D eigenvalue weighted by molar-refractivity contribution is 0.168. The minimum Gasteiger partial charge on any atom is -0.493 e. The summed E-state index contributed by atoms with van der Waals surface area (Å²) in [5.74, 6) is 0.978. The zero-order valence-electron chi connectivity index (χ0n) is 9.13. The van der Waals surface area contributed by atoms with E-state index in [2.05, 4.69) is 22.9 Å². The predicted molar refractivity (Wildman–Crippen MR) is 66.2 cm³/mol. The van der Waals surface area contributed by atoms with Crippen LogP contribution in [0.25, 0.3) is 0 Å². The van der Waals surface area contributed by atoms with Crippen LogP contribution in [-0.4, -0.2) is 6.61 Å². The van der Waals surface area contributed by atoms with Crippen molar-refractivity contribution in [2.75, 3.05) is 6.61 Å². The van der Waals surface area contributed by atoms with E-state index in [0.717, 1.165) is 16.8 Å². The quantitative estimate of drug-likeness (QED) is 0.789. The Kier molecular flexibility index (Phi) is 3.35. The molecule has 0 unspecified atom stereocenters.